The number of nitrogens with one attached hydrogen (secondary N) is 1. The summed E-state index contributed by atoms with van der Waals surface area (Å²) in [7, 11) is 0. The highest BCUT2D eigenvalue weighted by Gasteiger charge is 2.17. The lowest BCUT2D eigenvalue weighted by Gasteiger charge is -2.13. The lowest BCUT2D eigenvalue weighted by Crippen LogP contribution is -2.30. The number of unbranched alkanes of at least 4 members (excludes halogenated alkanes) is 2. The molecule has 0 fully saturated rings. The molecule has 2 aromatic heterocycles. The second kappa shape index (κ2) is 10.5. The molecule has 0 radical (unpaired) electrons. The zero-order valence-electron chi connectivity index (χ0n) is 20.5. The molecule has 2 heterocycles. The molecule has 0 unspecified atom stereocenters. The molecule has 0 aliphatic heterocycles. The van der Waals surface area contributed by atoms with Gasteiger partial charge in [0.1, 0.15) is 24.8 Å². The fourth-order valence-corrected chi connectivity index (χ4v) is 4.09. The predicted molar refractivity (Wildman–Crippen MR) is 135 cm³/mol. The number of aromatic nitrogens is 4. The molecule has 0 bridgehead atoms. The summed E-state index contributed by atoms with van der Waals surface area (Å²) in [6, 6.07) is 13.2. The Morgan fingerprint density at radius 1 is 0.697 bits per heavy atom. The molecule has 0 aliphatic rings. The molecule has 0 saturated carbocycles. The maximum atomic E-state index is 3.74. The van der Waals surface area contributed by atoms with Gasteiger partial charge in [-0.15, -0.1) is 0 Å². The van der Waals surface area contributed by atoms with Crippen LogP contribution in [0, 0.1) is 13.8 Å². The third kappa shape index (κ3) is 5.54. The molecule has 0 saturated heterocycles. The molecule has 0 aliphatic carbocycles. The topological polar surface area (TPSA) is 29.6 Å². The molecule has 4 aromatic rings. The van der Waals surface area contributed by atoms with Crippen LogP contribution >= 0.6 is 0 Å². The third-order valence-electron chi connectivity index (χ3n) is 6.05. The standard InChI is InChI=1S/C28H37N5/c1-5-7-13-30-15-17-32(21-30)27-19-23(3)9-11-25(27)29-26-12-10-24(4)20-28(26)33-18-16-31(22-33)14-8-6-2/h9-12,15-22,29H,5-8,13-14H2,1-4H3/q+2. The second-order valence-electron chi connectivity index (χ2n) is 8.99. The predicted octanol–water partition coefficient (Wildman–Crippen LogP) is 5.80. The maximum Gasteiger partial charge on any atom is 0.249 e. The monoisotopic (exact) mass is 443 g/mol. The van der Waals surface area contributed by atoms with Crippen molar-refractivity contribution in [3.63, 3.8) is 0 Å². The van der Waals surface area contributed by atoms with Gasteiger partial charge < -0.3 is 5.32 Å². The summed E-state index contributed by atoms with van der Waals surface area (Å²) < 4.78 is 8.96. The summed E-state index contributed by atoms with van der Waals surface area (Å²) in [6.07, 6.45) is 17.8. The molecular weight excluding hydrogens is 406 g/mol. The quantitative estimate of drug-likeness (QED) is 0.308. The average molecular weight is 444 g/mol. The van der Waals surface area contributed by atoms with Crippen molar-refractivity contribution in [2.24, 2.45) is 0 Å². The van der Waals surface area contributed by atoms with E-state index in [0.717, 1.165) is 35.8 Å². The van der Waals surface area contributed by atoms with Crippen LogP contribution in [-0.4, -0.2) is 9.13 Å². The van der Waals surface area contributed by atoms with Crippen molar-refractivity contribution in [3.05, 3.63) is 85.0 Å². The zero-order chi connectivity index (χ0) is 23.2. The van der Waals surface area contributed by atoms with Crippen LogP contribution in [0.15, 0.2) is 73.8 Å². The Balaban J connectivity index is 1.67. The zero-order valence-corrected chi connectivity index (χ0v) is 20.5. The number of hydrogen-bond acceptors (Lipinski definition) is 1. The molecule has 0 amide bonds. The van der Waals surface area contributed by atoms with E-state index < -0.39 is 0 Å². The van der Waals surface area contributed by atoms with E-state index in [-0.39, 0.29) is 0 Å². The van der Waals surface area contributed by atoms with Gasteiger partial charge in [0, 0.05) is 0 Å². The first-order chi connectivity index (χ1) is 16.1. The lowest BCUT2D eigenvalue weighted by atomic mass is 10.1. The highest BCUT2D eigenvalue weighted by Crippen LogP contribution is 2.29. The van der Waals surface area contributed by atoms with E-state index in [2.05, 4.69) is 125 Å². The van der Waals surface area contributed by atoms with E-state index in [1.807, 2.05) is 0 Å². The number of aryl methyl sites for hydroxylation is 4. The number of rotatable bonds is 10. The molecular formula is C28H37N5+2. The smallest absolute Gasteiger partial charge is 0.249 e. The van der Waals surface area contributed by atoms with Gasteiger partial charge >= 0.3 is 0 Å². The lowest BCUT2D eigenvalue weighted by molar-refractivity contribution is -0.696. The Bertz CT molecular complexity index is 1110. The Hall–Kier alpha value is -3.34. The van der Waals surface area contributed by atoms with Gasteiger partial charge in [0.05, 0.1) is 24.5 Å². The van der Waals surface area contributed by atoms with Crippen LogP contribution < -0.4 is 14.5 Å². The van der Waals surface area contributed by atoms with Crippen LogP contribution in [-0.2, 0) is 13.1 Å². The number of imidazole rings is 2. The fraction of sp³-hybridized carbons (Fsp3) is 0.357. The molecule has 5 nitrogen and oxygen atoms in total. The van der Waals surface area contributed by atoms with Gasteiger partial charge in [-0.1, -0.05) is 38.8 Å². The summed E-state index contributed by atoms with van der Waals surface area (Å²) in [5, 5.41) is 3.74. The average Bonchev–Trinajstić information content (AvgIpc) is 3.48. The van der Waals surface area contributed by atoms with Crippen LogP contribution in [0.25, 0.3) is 11.4 Å². The maximum absolute atomic E-state index is 3.74. The summed E-state index contributed by atoms with van der Waals surface area (Å²) in [6.45, 7) is 10.9. The summed E-state index contributed by atoms with van der Waals surface area (Å²) in [5.74, 6) is 0. The van der Waals surface area contributed by atoms with Gasteiger partial charge in [-0.3, -0.25) is 0 Å². The number of hydrogen-bond donors (Lipinski definition) is 1. The highest BCUT2D eigenvalue weighted by molar-refractivity contribution is 5.75. The van der Waals surface area contributed by atoms with Gasteiger partial charge in [-0.2, -0.15) is 0 Å². The molecule has 172 valence electrons. The second-order valence-corrected chi connectivity index (χ2v) is 8.99. The van der Waals surface area contributed by atoms with Gasteiger partial charge in [-0.25, -0.2) is 18.3 Å². The molecule has 5 heteroatoms. The van der Waals surface area contributed by atoms with Crippen LogP contribution in [0.4, 0.5) is 11.4 Å². The summed E-state index contributed by atoms with van der Waals surface area (Å²) >= 11 is 0. The largest absolute Gasteiger partial charge is 0.349 e. The first-order valence-electron chi connectivity index (χ1n) is 12.2. The first-order valence-corrected chi connectivity index (χ1v) is 12.2. The van der Waals surface area contributed by atoms with Gasteiger partial charge in [0.25, 0.3) is 0 Å². The summed E-state index contributed by atoms with van der Waals surface area (Å²) in [4.78, 5) is 0. The Kier molecular flexibility index (Phi) is 7.28. The van der Waals surface area contributed by atoms with Gasteiger partial charge in [-0.05, 0) is 62.1 Å². The summed E-state index contributed by atoms with van der Waals surface area (Å²) in [5.41, 5.74) is 6.99. The van der Waals surface area contributed by atoms with Crippen LogP contribution in [0.1, 0.15) is 50.7 Å². The SMILES string of the molecule is CCCC[n+]1ccn(-c2cc(C)ccc2Nc2ccc(C)cc2-n2cc[n+](CCCC)c2)c1. The minimum absolute atomic E-state index is 1.05. The van der Waals surface area contributed by atoms with E-state index in [9.17, 15) is 0 Å². The molecule has 0 atom stereocenters. The first kappa shape index (κ1) is 22.8. The van der Waals surface area contributed by atoms with Crippen molar-refractivity contribution < 1.29 is 9.13 Å². The van der Waals surface area contributed by atoms with Crippen molar-refractivity contribution in [1.82, 2.24) is 9.13 Å². The van der Waals surface area contributed by atoms with Crippen LogP contribution in [0.5, 0.6) is 0 Å². The van der Waals surface area contributed by atoms with Crippen LogP contribution in [0.2, 0.25) is 0 Å². The van der Waals surface area contributed by atoms with Gasteiger partial charge in [0.2, 0.25) is 12.7 Å². The van der Waals surface area contributed by atoms with Crippen molar-refractivity contribution in [3.8, 4) is 11.4 Å². The molecule has 1 N–H and O–H groups in total. The van der Waals surface area contributed by atoms with E-state index in [1.54, 1.807) is 0 Å². The number of nitrogens with zero attached hydrogens (tertiary/aromatic N) is 4. The van der Waals surface area contributed by atoms with Crippen LogP contribution in [0.3, 0.4) is 0 Å². The number of benzene rings is 2. The Labute approximate surface area is 197 Å². The molecule has 4 rings (SSSR count). The van der Waals surface area contributed by atoms with Crippen molar-refractivity contribution >= 4 is 11.4 Å². The fourth-order valence-electron chi connectivity index (χ4n) is 4.09. The van der Waals surface area contributed by atoms with Crippen molar-refractivity contribution in [2.75, 3.05) is 5.32 Å². The number of anilines is 2. The normalized spacial score (nSPS) is 11.2. The van der Waals surface area contributed by atoms with Crippen molar-refractivity contribution in [1.29, 1.82) is 0 Å². The molecule has 2 aromatic carbocycles. The van der Waals surface area contributed by atoms with E-state index in [0.29, 0.717) is 0 Å². The molecule has 33 heavy (non-hydrogen) atoms. The molecule has 0 spiro atoms. The van der Waals surface area contributed by atoms with E-state index in [4.69, 9.17) is 0 Å². The minimum Gasteiger partial charge on any atom is -0.349 e. The van der Waals surface area contributed by atoms with Crippen molar-refractivity contribution in [2.45, 2.75) is 66.5 Å². The minimum atomic E-state index is 1.05. The van der Waals surface area contributed by atoms with Gasteiger partial charge in [0.15, 0.2) is 11.4 Å². The van der Waals surface area contributed by atoms with E-state index >= 15 is 0 Å². The third-order valence-corrected chi connectivity index (χ3v) is 6.05. The Morgan fingerprint density at radius 3 is 1.58 bits per heavy atom. The van der Waals surface area contributed by atoms with E-state index in [1.165, 1.54) is 36.8 Å². The highest BCUT2D eigenvalue weighted by atomic mass is 15.1. The Morgan fingerprint density at radius 2 is 1.15 bits per heavy atom.